The highest BCUT2D eigenvalue weighted by atomic mass is 16.6. The average Bonchev–Trinajstić information content (AvgIpc) is 3.02. The van der Waals surface area contributed by atoms with Crippen LogP contribution in [-0.4, -0.2) is 49.4 Å². The van der Waals surface area contributed by atoms with E-state index in [9.17, 15) is 14.7 Å². The standard InChI is InChI=1S/C34H35NO7/c1-24-9-12-28(13-10-24)33(37)42-29-16-14-27(15-17-29)30(36)22-35(34(38)41-23-26-7-5-4-6-8-26)20-19-25-11-18-31(39-2)32(21-25)40-3/h4-18,21,30,36H,19-20,22-23H2,1-3H3. The van der Waals surface area contributed by atoms with Crippen molar-refractivity contribution in [3.05, 3.63) is 125 Å². The molecule has 4 aromatic carbocycles. The smallest absolute Gasteiger partial charge is 0.410 e. The SMILES string of the molecule is COc1ccc(CCN(CC(O)c2ccc(OC(=O)c3ccc(C)cc3)cc2)C(=O)OCc2ccccc2)cc1OC. The first-order chi connectivity index (χ1) is 20.4. The van der Waals surface area contributed by atoms with Crippen molar-refractivity contribution in [2.75, 3.05) is 27.3 Å². The van der Waals surface area contributed by atoms with Gasteiger partial charge in [0.05, 0.1) is 32.4 Å². The van der Waals surface area contributed by atoms with Gasteiger partial charge >= 0.3 is 12.1 Å². The number of amides is 1. The molecule has 218 valence electrons. The number of carbonyl (C=O) groups is 2. The lowest BCUT2D eigenvalue weighted by atomic mass is 10.1. The molecule has 0 bridgehead atoms. The van der Waals surface area contributed by atoms with Gasteiger partial charge in [-0.3, -0.25) is 0 Å². The van der Waals surface area contributed by atoms with E-state index in [0.29, 0.717) is 41.3 Å². The summed E-state index contributed by atoms with van der Waals surface area (Å²) in [5.41, 5.74) is 3.86. The summed E-state index contributed by atoms with van der Waals surface area (Å²) in [6, 6.07) is 28.7. The quantitative estimate of drug-likeness (QED) is 0.162. The highest BCUT2D eigenvalue weighted by Gasteiger charge is 2.21. The van der Waals surface area contributed by atoms with E-state index >= 15 is 0 Å². The van der Waals surface area contributed by atoms with Crippen molar-refractivity contribution in [1.29, 1.82) is 0 Å². The molecule has 4 aromatic rings. The predicted octanol–water partition coefficient (Wildman–Crippen LogP) is 6.15. The number of aryl methyl sites for hydroxylation is 1. The van der Waals surface area contributed by atoms with Crippen LogP contribution in [0.5, 0.6) is 17.2 Å². The first kappa shape index (κ1) is 30.1. The molecule has 0 saturated carbocycles. The third kappa shape index (κ3) is 8.34. The monoisotopic (exact) mass is 569 g/mol. The predicted molar refractivity (Wildman–Crippen MR) is 159 cm³/mol. The largest absolute Gasteiger partial charge is 0.493 e. The molecule has 0 aromatic heterocycles. The Morgan fingerprint density at radius 2 is 1.50 bits per heavy atom. The second-order valence-electron chi connectivity index (χ2n) is 9.77. The molecule has 4 rings (SSSR count). The van der Waals surface area contributed by atoms with Crippen LogP contribution in [0.4, 0.5) is 4.79 Å². The number of ether oxygens (including phenoxy) is 4. The fourth-order valence-corrected chi connectivity index (χ4v) is 4.30. The van der Waals surface area contributed by atoms with Crippen LogP contribution in [0.1, 0.15) is 38.7 Å². The van der Waals surface area contributed by atoms with E-state index < -0.39 is 18.2 Å². The second-order valence-corrected chi connectivity index (χ2v) is 9.77. The summed E-state index contributed by atoms with van der Waals surface area (Å²) in [5.74, 6) is 1.09. The number of aliphatic hydroxyl groups is 1. The maximum absolute atomic E-state index is 13.1. The van der Waals surface area contributed by atoms with Crippen molar-refractivity contribution in [2.24, 2.45) is 0 Å². The van der Waals surface area contributed by atoms with E-state index in [4.69, 9.17) is 18.9 Å². The Morgan fingerprint density at radius 3 is 2.17 bits per heavy atom. The molecule has 0 saturated heterocycles. The Balaban J connectivity index is 1.42. The van der Waals surface area contributed by atoms with Crippen LogP contribution in [0, 0.1) is 6.92 Å². The van der Waals surface area contributed by atoms with E-state index in [1.165, 1.54) is 4.90 Å². The van der Waals surface area contributed by atoms with Gasteiger partial charge in [0.1, 0.15) is 12.4 Å². The van der Waals surface area contributed by atoms with E-state index in [0.717, 1.165) is 16.7 Å². The summed E-state index contributed by atoms with van der Waals surface area (Å²) in [4.78, 5) is 27.1. The van der Waals surface area contributed by atoms with Crippen LogP contribution in [0.25, 0.3) is 0 Å². The van der Waals surface area contributed by atoms with E-state index in [1.807, 2.05) is 67.6 Å². The molecular weight excluding hydrogens is 534 g/mol. The van der Waals surface area contributed by atoms with Gasteiger partial charge in [0.2, 0.25) is 0 Å². The number of esters is 1. The van der Waals surface area contributed by atoms with E-state index in [-0.39, 0.29) is 13.2 Å². The maximum atomic E-state index is 13.1. The lowest BCUT2D eigenvalue weighted by Crippen LogP contribution is -2.36. The van der Waals surface area contributed by atoms with Gasteiger partial charge in [-0.05, 0) is 66.4 Å². The third-order valence-corrected chi connectivity index (χ3v) is 6.74. The number of rotatable bonds is 12. The first-order valence-electron chi connectivity index (χ1n) is 13.6. The third-order valence-electron chi connectivity index (χ3n) is 6.74. The van der Waals surface area contributed by atoms with Gasteiger partial charge in [0.25, 0.3) is 0 Å². The Labute approximate surface area is 246 Å². The fourth-order valence-electron chi connectivity index (χ4n) is 4.30. The molecular formula is C34H35NO7. The van der Waals surface area contributed by atoms with Gasteiger partial charge in [-0.2, -0.15) is 0 Å². The molecule has 0 fully saturated rings. The molecule has 8 nitrogen and oxygen atoms in total. The molecule has 42 heavy (non-hydrogen) atoms. The summed E-state index contributed by atoms with van der Waals surface area (Å²) in [6.07, 6.45) is -1.04. The number of nitrogens with zero attached hydrogens (tertiary/aromatic N) is 1. The molecule has 0 radical (unpaired) electrons. The van der Waals surface area contributed by atoms with Crippen molar-refractivity contribution in [3.8, 4) is 17.2 Å². The minimum Gasteiger partial charge on any atom is -0.493 e. The van der Waals surface area contributed by atoms with Crippen LogP contribution >= 0.6 is 0 Å². The molecule has 0 aliphatic heterocycles. The van der Waals surface area contributed by atoms with E-state index in [2.05, 4.69) is 0 Å². The van der Waals surface area contributed by atoms with Gasteiger partial charge in [0, 0.05) is 6.54 Å². The number of carbonyl (C=O) groups excluding carboxylic acids is 2. The number of hydrogen-bond acceptors (Lipinski definition) is 7. The van der Waals surface area contributed by atoms with Gasteiger partial charge in [-0.15, -0.1) is 0 Å². The van der Waals surface area contributed by atoms with Crippen LogP contribution in [-0.2, 0) is 17.8 Å². The zero-order chi connectivity index (χ0) is 29.9. The number of benzene rings is 4. The molecule has 0 heterocycles. The molecule has 1 atom stereocenters. The zero-order valence-corrected chi connectivity index (χ0v) is 24.0. The Hall–Kier alpha value is -4.82. The van der Waals surface area contributed by atoms with Crippen LogP contribution in [0.2, 0.25) is 0 Å². The summed E-state index contributed by atoms with van der Waals surface area (Å²) in [7, 11) is 3.14. The van der Waals surface area contributed by atoms with Crippen molar-refractivity contribution in [2.45, 2.75) is 26.1 Å². The topological polar surface area (TPSA) is 94.5 Å². The molecule has 8 heteroatoms. The van der Waals surface area contributed by atoms with Crippen molar-refractivity contribution in [1.82, 2.24) is 4.90 Å². The minimum atomic E-state index is -0.999. The van der Waals surface area contributed by atoms with Gasteiger partial charge in [-0.25, -0.2) is 9.59 Å². The number of aliphatic hydroxyl groups excluding tert-OH is 1. The lowest BCUT2D eigenvalue weighted by Gasteiger charge is -2.25. The van der Waals surface area contributed by atoms with Gasteiger partial charge in [0.15, 0.2) is 11.5 Å². The Morgan fingerprint density at radius 1 is 0.810 bits per heavy atom. The highest BCUT2D eigenvalue weighted by Crippen LogP contribution is 2.28. The van der Waals surface area contributed by atoms with Crippen molar-refractivity contribution in [3.63, 3.8) is 0 Å². The van der Waals surface area contributed by atoms with Crippen LogP contribution < -0.4 is 14.2 Å². The lowest BCUT2D eigenvalue weighted by molar-refractivity contribution is 0.0688. The average molecular weight is 570 g/mol. The second kappa shape index (κ2) is 14.7. The molecule has 0 aliphatic rings. The summed E-state index contributed by atoms with van der Waals surface area (Å²) in [5, 5.41) is 11.1. The normalized spacial score (nSPS) is 11.3. The molecule has 1 unspecified atom stereocenters. The molecule has 1 amide bonds. The highest BCUT2D eigenvalue weighted by molar-refractivity contribution is 5.91. The van der Waals surface area contributed by atoms with Crippen LogP contribution in [0.3, 0.4) is 0 Å². The maximum Gasteiger partial charge on any atom is 0.410 e. The summed E-state index contributed by atoms with van der Waals surface area (Å²) >= 11 is 0. The Bertz CT molecular complexity index is 1450. The molecule has 0 aliphatic carbocycles. The first-order valence-corrected chi connectivity index (χ1v) is 13.6. The zero-order valence-electron chi connectivity index (χ0n) is 24.0. The summed E-state index contributed by atoms with van der Waals surface area (Å²) in [6.45, 7) is 2.36. The number of hydrogen-bond donors (Lipinski definition) is 1. The van der Waals surface area contributed by atoms with Gasteiger partial charge < -0.3 is 29.0 Å². The summed E-state index contributed by atoms with van der Waals surface area (Å²) < 4.78 is 21.8. The number of methoxy groups -OCH3 is 2. The van der Waals surface area contributed by atoms with E-state index in [1.54, 1.807) is 50.6 Å². The molecule has 0 spiro atoms. The van der Waals surface area contributed by atoms with Crippen LogP contribution in [0.15, 0.2) is 97.1 Å². The Kier molecular flexibility index (Phi) is 10.6. The fraction of sp³-hybridized carbons (Fsp3) is 0.235. The minimum absolute atomic E-state index is 0.00339. The van der Waals surface area contributed by atoms with Crippen molar-refractivity contribution >= 4 is 12.1 Å². The van der Waals surface area contributed by atoms with Crippen molar-refractivity contribution < 1.29 is 33.6 Å². The molecule has 1 N–H and O–H groups in total. The van der Waals surface area contributed by atoms with Gasteiger partial charge in [-0.1, -0.05) is 66.2 Å².